The Balaban J connectivity index is 3.75. The maximum Gasteiger partial charge on any atom is 0.369 e. The fraction of sp³-hybridized carbons (Fsp3) is 0.800. The lowest BCUT2D eigenvalue weighted by molar-refractivity contribution is -0.156. The van der Waals surface area contributed by atoms with E-state index < -0.39 is 5.30 Å². The van der Waals surface area contributed by atoms with Gasteiger partial charge in [0.1, 0.15) is 0 Å². The number of ether oxygens (including phenoxy) is 2. The van der Waals surface area contributed by atoms with Gasteiger partial charge in [-0.1, -0.05) is 20.3 Å². The Hall–Kier alpha value is -0.710. The van der Waals surface area contributed by atoms with Gasteiger partial charge in [0, 0.05) is 0 Å². The van der Waals surface area contributed by atoms with Gasteiger partial charge >= 0.3 is 11.3 Å². The summed E-state index contributed by atoms with van der Waals surface area (Å²) < 4.78 is 9.44. The van der Waals surface area contributed by atoms with Crippen LogP contribution in [0.4, 0.5) is 4.79 Å². The van der Waals surface area contributed by atoms with Crippen molar-refractivity contribution in [3.63, 3.8) is 0 Å². The number of thioether (sulfide) groups is 1. The SMILES string of the molecule is CCCC(CC)C(=O)OCOC(=O)SC. The summed E-state index contributed by atoms with van der Waals surface area (Å²) in [6, 6.07) is 0. The molecule has 0 amide bonds. The molecule has 0 bridgehead atoms. The van der Waals surface area contributed by atoms with Gasteiger partial charge in [-0.05, 0) is 30.9 Å². The topological polar surface area (TPSA) is 52.6 Å². The molecule has 0 saturated heterocycles. The van der Waals surface area contributed by atoms with E-state index in [1.165, 1.54) is 0 Å². The highest BCUT2D eigenvalue weighted by Gasteiger charge is 2.17. The maximum atomic E-state index is 11.4. The van der Waals surface area contributed by atoms with Crippen molar-refractivity contribution in [1.29, 1.82) is 0 Å². The van der Waals surface area contributed by atoms with E-state index in [0.29, 0.717) is 0 Å². The molecule has 1 unspecified atom stereocenters. The number of carbonyl (C=O) groups excluding carboxylic acids is 2. The molecule has 5 heteroatoms. The standard InChI is InChI=1S/C10H18O4S/c1-4-6-8(5-2)9(11)13-7-14-10(12)15-3/h8H,4-7H2,1-3H3. The van der Waals surface area contributed by atoms with E-state index in [4.69, 9.17) is 4.74 Å². The third-order valence-corrected chi connectivity index (χ3v) is 2.46. The zero-order valence-electron chi connectivity index (χ0n) is 9.45. The normalized spacial score (nSPS) is 11.9. The zero-order chi connectivity index (χ0) is 11.7. The molecule has 0 aliphatic rings. The molecule has 0 rings (SSSR count). The zero-order valence-corrected chi connectivity index (χ0v) is 10.3. The van der Waals surface area contributed by atoms with Crippen LogP contribution in [0.3, 0.4) is 0 Å². The minimum absolute atomic E-state index is 0.0806. The van der Waals surface area contributed by atoms with Crippen LogP contribution >= 0.6 is 11.8 Å². The molecule has 0 spiro atoms. The summed E-state index contributed by atoms with van der Waals surface area (Å²) in [7, 11) is 0. The smallest absolute Gasteiger partial charge is 0.369 e. The van der Waals surface area contributed by atoms with Crippen LogP contribution < -0.4 is 0 Å². The molecule has 1 atom stereocenters. The molecule has 0 fully saturated rings. The number of hydrogen-bond donors (Lipinski definition) is 0. The number of esters is 1. The van der Waals surface area contributed by atoms with Gasteiger partial charge in [0.15, 0.2) is 0 Å². The van der Waals surface area contributed by atoms with Gasteiger partial charge < -0.3 is 9.47 Å². The Morgan fingerprint density at radius 2 is 1.93 bits per heavy atom. The first-order chi connectivity index (χ1) is 7.15. The van der Waals surface area contributed by atoms with Gasteiger partial charge in [-0.25, -0.2) is 4.79 Å². The summed E-state index contributed by atoms with van der Waals surface area (Å²) in [4.78, 5) is 22.1. The predicted molar refractivity (Wildman–Crippen MR) is 59.6 cm³/mol. The first-order valence-corrected chi connectivity index (χ1v) is 6.25. The van der Waals surface area contributed by atoms with E-state index in [2.05, 4.69) is 4.74 Å². The minimum Gasteiger partial charge on any atom is -0.428 e. The van der Waals surface area contributed by atoms with Crippen LogP contribution in [0.2, 0.25) is 0 Å². The number of hydrogen-bond acceptors (Lipinski definition) is 5. The molecule has 0 aromatic rings. The third-order valence-electron chi connectivity index (χ3n) is 2.01. The van der Waals surface area contributed by atoms with Gasteiger partial charge in [0.25, 0.3) is 0 Å². The van der Waals surface area contributed by atoms with Crippen LogP contribution in [0.15, 0.2) is 0 Å². The molecule has 0 heterocycles. The van der Waals surface area contributed by atoms with Gasteiger partial charge in [0.2, 0.25) is 6.79 Å². The highest BCUT2D eigenvalue weighted by molar-refractivity contribution is 8.12. The van der Waals surface area contributed by atoms with Crippen molar-refractivity contribution in [3.05, 3.63) is 0 Å². The lowest BCUT2D eigenvalue weighted by Gasteiger charge is -2.12. The fourth-order valence-corrected chi connectivity index (χ4v) is 1.32. The lowest BCUT2D eigenvalue weighted by atomic mass is 10.0. The first-order valence-electron chi connectivity index (χ1n) is 5.03. The van der Waals surface area contributed by atoms with Crippen LogP contribution in [0.5, 0.6) is 0 Å². The summed E-state index contributed by atoms with van der Waals surface area (Å²) in [5, 5.41) is -0.439. The van der Waals surface area contributed by atoms with Crippen LogP contribution in [-0.4, -0.2) is 24.3 Å². The van der Waals surface area contributed by atoms with Crippen molar-refractivity contribution >= 4 is 23.0 Å². The van der Waals surface area contributed by atoms with Crippen molar-refractivity contribution in [2.45, 2.75) is 33.1 Å². The van der Waals surface area contributed by atoms with Gasteiger partial charge in [-0.15, -0.1) is 0 Å². The molecule has 4 nitrogen and oxygen atoms in total. The molecule has 0 N–H and O–H groups in total. The molecular formula is C10H18O4S. The Morgan fingerprint density at radius 3 is 2.40 bits per heavy atom. The van der Waals surface area contributed by atoms with Crippen LogP contribution in [0.25, 0.3) is 0 Å². The molecule has 0 saturated carbocycles. The summed E-state index contributed by atoms with van der Waals surface area (Å²) >= 11 is 0.948. The van der Waals surface area contributed by atoms with Gasteiger partial charge in [0.05, 0.1) is 5.92 Å². The first kappa shape index (κ1) is 14.3. The Morgan fingerprint density at radius 1 is 1.27 bits per heavy atom. The second-order valence-corrected chi connectivity index (χ2v) is 3.82. The molecule has 0 aromatic heterocycles. The summed E-state index contributed by atoms with van der Waals surface area (Å²) in [6.45, 7) is 3.68. The Kier molecular flexibility index (Phi) is 8.18. The third kappa shape index (κ3) is 6.38. The number of carbonyl (C=O) groups is 2. The highest BCUT2D eigenvalue weighted by Crippen LogP contribution is 2.12. The van der Waals surface area contributed by atoms with Gasteiger partial charge in [-0.2, -0.15) is 0 Å². The molecule has 88 valence electrons. The maximum absolute atomic E-state index is 11.4. The number of rotatable bonds is 6. The summed E-state index contributed by atoms with van der Waals surface area (Å²) in [5.74, 6) is -0.365. The Bertz CT molecular complexity index is 206. The van der Waals surface area contributed by atoms with Crippen molar-refractivity contribution in [2.24, 2.45) is 5.92 Å². The monoisotopic (exact) mass is 234 g/mol. The quantitative estimate of drug-likeness (QED) is 0.522. The van der Waals surface area contributed by atoms with E-state index >= 15 is 0 Å². The molecular weight excluding hydrogens is 216 g/mol. The highest BCUT2D eigenvalue weighted by atomic mass is 32.2. The fourth-order valence-electron chi connectivity index (χ4n) is 1.15. The van der Waals surface area contributed by atoms with E-state index in [9.17, 15) is 9.59 Å². The summed E-state index contributed by atoms with van der Waals surface area (Å²) in [5.41, 5.74) is 0. The van der Waals surface area contributed by atoms with Crippen molar-refractivity contribution in [1.82, 2.24) is 0 Å². The second-order valence-electron chi connectivity index (χ2n) is 3.07. The van der Waals surface area contributed by atoms with Crippen LogP contribution in [-0.2, 0) is 14.3 Å². The average molecular weight is 234 g/mol. The van der Waals surface area contributed by atoms with E-state index in [0.717, 1.165) is 31.0 Å². The summed E-state index contributed by atoms with van der Waals surface area (Å²) in [6.07, 6.45) is 4.11. The molecule has 0 aromatic carbocycles. The van der Waals surface area contributed by atoms with E-state index in [1.54, 1.807) is 6.26 Å². The van der Waals surface area contributed by atoms with Gasteiger partial charge in [-0.3, -0.25) is 4.79 Å². The lowest BCUT2D eigenvalue weighted by Crippen LogP contribution is -2.19. The predicted octanol–water partition coefficient (Wildman–Crippen LogP) is 2.81. The van der Waals surface area contributed by atoms with Crippen molar-refractivity contribution < 1.29 is 19.1 Å². The van der Waals surface area contributed by atoms with Crippen molar-refractivity contribution in [2.75, 3.05) is 13.0 Å². The van der Waals surface area contributed by atoms with E-state index in [1.807, 2.05) is 13.8 Å². The second kappa shape index (κ2) is 8.59. The molecule has 0 aliphatic heterocycles. The largest absolute Gasteiger partial charge is 0.428 e. The molecule has 0 radical (unpaired) electrons. The molecule has 15 heavy (non-hydrogen) atoms. The van der Waals surface area contributed by atoms with Crippen LogP contribution in [0.1, 0.15) is 33.1 Å². The minimum atomic E-state index is -0.439. The van der Waals surface area contributed by atoms with E-state index in [-0.39, 0.29) is 18.7 Å². The van der Waals surface area contributed by atoms with Crippen molar-refractivity contribution in [3.8, 4) is 0 Å². The Labute approximate surface area is 94.7 Å². The average Bonchev–Trinajstić information content (AvgIpc) is 2.25. The molecule has 0 aliphatic carbocycles. The van der Waals surface area contributed by atoms with Crippen LogP contribution in [0, 0.1) is 5.92 Å².